The molecule has 0 aromatic heterocycles. The number of carbonyl (C=O) groups is 1. The molecular formula is C16H23NO2. The van der Waals surface area contributed by atoms with Crippen LogP contribution in [0.2, 0.25) is 0 Å². The molecule has 1 N–H and O–H groups in total. The molecule has 104 valence electrons. The molecule has 0 aliphatic carbocycles. The number of Topliss-reactive ketones (excluding diaryl/α,β-unsaturated/α-hetero) is 1. The van der Waals surface area contributed by atoms with Crippen LogP contribution in [0.1, 0.15) is 42.6 Å². The highest BCUT2D eigenvalue weighted by molar-refractivity contribution is 6.00. The Bertz CT molecular complexity index is 468. The summed E-state index contributed by atoms with van der Waals surface area (Å²) in [4.78, 5) is 14.3. The Morgan fingerprint density at radius 3 is 2.79 bits per heavy atom. The van der Waals surface area contributed by atoms with Crippen molar-refractivity contribution in [2.24, 2.45) is 5.92 Å². The predicted octanol–water partition coefficient (Wildman–Crippen LogP) is 2.79. The predicted molar refractivity (Wildman–Crippen MR) is 77.8 cm³/mol. The van der Waals surface area contributed by atoms with E-state index in [4.69, 9.17) is 0 Å². The zero-order chi connectivity index (χ0) is 14.0. The van der Waals surface area contributed by atoms with Gasteiger partial charge in [-0.1, -0.05) is 6.92 Å². The average molecular weight is 261 g/mol. The van der Waals surface area contributed by atoms with Crippen molar-refractivity contribution in [3.63, 3.8) is 0 Å². The zero-order valence-electron chi connectivity index (χ0n) is 12.0. The number of benzene rings is 1. The number of carbonyl (C=O) groups excluding carboxylic acids is 1. The molecule has 3 nitrogen and oxygen atoms in total. The van der Waals surface area contributed by atoms with Gasteiger partial charge in [0.05, 0.1) is 0 Å². The fourth-order valence-electron chi connectivity index (χ4n) is 2.75. The summed E-state index contributed by atoms with van der Waals surface area (Å²) in [6.45, 7) is 7.88. The van der Waals surface area contributed by atoms with Crippen molar-refractivity contribution in [2.45, 2.75) is 39.7 Å². The Balaban J connectivity index is 2.28. The Kier molecular flexibility index (Phi) is 4.25. The van der Waals surface area contributed by atoms with Crippen LogP contribution in [0.5, 0.6) is 0 Å². The van der Waals surface area contributed by atoms with E-state index in [1.807, 2.05) is 19.1 Å². The van der Waals surface area contributed by atoms with Crippen molar-refractivity contribution >= 4 is 11.5 Å². The lowest BCUT2D eigenvalue weighted by Crippen LogP contribution is -2.34. The van der Waals surface area contributed by atoms with Gasteiger partial charge in [-0.2, -0.15) is 0 Å². The van der Waals surface area contributed by atoms with Gasteiger partial charge in [-0.15, -0.1) is 0 Å². The molecule has 2 rings (SSSR count). The maximum Gasteiger partial charge on any atom is 0.191 e. The highest BCUT2D eigenvalue weighted by atomic mass is 16.3. The molecule has 3 heteroatoms. The number of ketones is 1. The first-order chi connectivity index (χ1) is 8.97. The summed E-state index contributed by atoms with van der Waals surface area (Å²) in [7, 11) is 0. The number of hydrogen-bond acceptors (Lipinski definition) is 3. The summed E-state index contributed by atoms with van der Waals surface area (Å²) < 4.78 is 0. The second-order valence-corrected chi connectivity index (χ2v) is 5.79. The van der Waals surface area contributed by atoms with Gasteiger partial charge in [0.25, 0.3) is 0 Å². The van der Waals surface area contributed by atoms with E-state index < -0.39 is 6.10 Å². The average Bonchev–Trinajstić information content (AvgIpc) is 2.37. The van der Waals surface area contributed by atoms with Crippen molar-refractivity contribution in [1.82, 2.24) is 0 Å². The quantitative estimate of drug-likeness (QED) is 0.851. The number of aliphatic hydroxyl groups excluding tert-OH is 1. The van der Waals surface area contributed by atoms with E-state index in [9.17, 15) is 9.90 Å². The van der Waals surface area contributed by atoms with Crippen LogP contribution < -0.4 is 4.90 Å². The highest BCUT2D eigenvalue weighted by Crippen LogP contribution is 2.25. The lowest BCUT2D eigenvalue weighted by molar-refractivity contribution is 0.0779. The number of piperidine rings is 1. The smallest absolute Gasteiger partial charge is 0.191 e. The molecule has 2 atom stereocenters. The third-order valence-electron chi connectivity index (χ3n) is 3.75. The van der Waals surface area contributed by atoms with Crippen molar-refractivity contribution in [1.29, 1.82) is 0 Å². The van der Waals surface area contributed by atoms with Gasteiger partial charge in [0.1, 0.15) is 6.10 Å². The molecule has 1 aliphatic heterocycles. The van der Waals surface area contributed by atoms with Crippen LogP contribution in [-0.4, -0.2) is 30.1 Å². The monoisotopic (exact) mass is 261 g/mol. The molecule has 1 heterocycles. The van der Waals surface area contributed by atoms with Gasteiger partial charge >= 0.3 is 0 Å². The maximum atomic E-state index is 11.9. The summed E-state index contributed by atoms with van der Waals surface area (Å²) >= 11 is 0. The lowest BCUT2D eigenvalue weighted by Gasteiger charge is -2.33. The van der Waals surface area contributed by atoms with Gasteiger partial charge < -0.3 is 10.0 Å². The van der Waals surface area contributed by atoms with Crippen LogP contribution in [0, 0.1) is 12.8 Å². The second kappa shape index (κ2) is 5.74. The van der Waals surface area contributed by atoms with E-state index in [1.165, 1.54) is 19.8 Å². The van der Waals surface area contributed by atoms with Crippen LogP contribution in [-0.2, 0) is 0 Å². The maximum absolute atomic E-state index is 11.9. The summed E-state index contributed by atoms with van der Waals surface area (Å²) in [6, 6.07) is 5.89. The largest absolute Gasteiger partial charge is 0.385 e. The van der Waals surface area contributed by atoms with Crippen molar-refractivity contribution < 1.29 is 9.90 Å². The third kappa shape index (κ3) is 3.35. The minimum absolute atomic E-state index is 0.199. The van der Waals surface area contributed by atoms with Crippen LogP contribution in [0.3, 0.4) is 0 Å². The SMILES string of the molecule is Cc1cc(C(=O)C(C)O)cc(N2CCCC(C)C2)c1. The van der Waals surface area contributed by atoms with E-state index in [-0.39, 0.29) is 5.78 Å². The van der Waals surface area contributed by atoms with Crippen molar-refractivity contribution in [3.8, 4) is 0 Å². The molecule has 19 heavy (non-hydrogen) atoms. The van der Waals surface area contributed by atoms with Gasteiger partial charge in [0.15, 0.2) is 5.78 Å². The van der Waals surface area contributed by atoms with Crippen molar-refractivity contribution in [3.05, 3.63) is 29.3 Å². The minimum Gasteiger partial charge on any atom is -0.385 e. The van der Waals surface area contributed by atoms with Crippen LogP contribution in [0.15, 0.2) is 18.2 Å². The Morgan fingerprint density at radius 2 is 2.16 bits per heavy atom. The summed E-state index contributed by atoms with van der Waals surface area (Å²) in [5.74, 6) is 0.500. The molecule has 1 aromatic carbocycles. The van der Waals surface area contributed by atoms with E-state index in [0.29, 0.717) is 11.5 Å². The summed E-state index contributed by atoms with van der Waals surface area (Å²) in [6.07, 6.45) is 1.55. The zero-order valence-corrected chi connectivity index (χ0v) is 12.0. The molecular weight excluding hydrogens is 238 g/mol. The van der Waals surface area contributed by atoms with E-state index in [2.05, 4.69) is 17.9 Å². The van der Waals surface area contributed by atoms with Crippen LogP contribution >= 0.6 is 0 Å². The Labute approximate surface area is 115 Å². The molecule has 1 saturated heterocycles. The van der Waals surface area contributed by atoms with Crippen LogP contribution in [0.25, 0.3) is 0 Å². The topological polar surface area (TPSA) is 40.5 Å². The first-order valence-corrected chi connectivity index (χ1v) is 7.06. The molecule has 0 amide bonds. The Hall–Kier alpha value is -1.35. The number of aliphatic hydroxyl groups is 1. The molecule has 0 spiro atoms. The van der Waals surface area contributed by atoms with E-state index in [0.717, 1.165) is 24.3 Å². The van der Waals surface area contributed by atoms with Crippen LogP contribution in [0.4, 0.5) is 5.69 Å². The lowest BCUT2D eigenvalue weighted by atomic mass is 9.98. The second-order valence-electron chi connectivity index (χ2n) is 5.79. The van der Waals surface area contributed by atoms with Gasteiger partial charge in [0.2, 0.25) is 0 Å². The van der Waals surface area contributed by atoms with Crippen molar-refractivity contribution in [2.75, 3.05) is 18.0 Å². The molecule has 0 radical (unpaired) electrons. The number of anilines is 1. The number of nitrogens with zero attached hydrogens (tertiary/aromatic N) is 1. The molecule has 2 unspecified atom stereocenters. The summed E-state index contributed by atoms with van der Waals surface area (Å²) in [5, 5.41) is 9.45. The first-order valence-electron chi connectivity index (χ1n) is 7.06. The molecule has 0 saturated carbocycles. The standard InChI is InChI=1S/C16H23NO2/c1-11-5-4-6-17(10-11)15-8-12(2)7-14(9-15)16(19)13(3)18/h7-9,11,13,18H,4-6,10H2,1-3H3. The highest BCUT2D eigenvalue weighted by Gasteiger charge is 2.19. The Morgan fingerprint density at radius 1 is 1.42 bits per heavy atom. The van der Waals surface area contributed by atoms with E-state index in [1.54, 1.807) is 0 Å². The normalized spacial score (nSPS) is 21.3. The van der Waals surface area contributed by atoms with Gasteiger partial charge in [-0.3, -0.25) is 4.79 Å². The minimum atomic E-state index is -0.935. The van der Waals surface area contributed by atoms with Gasteiger partial charge in [0, 0.05) is 24.3 Å². The van der Waals surface area contributed by atoms with E-state index >= 15 is 0 Å². The molecule has 1 aliphatic rings. The molecule has 0 bridgehead atoms. The molecule has 1 aromatic rings. The number of aryl methyl sites for hydroxylation is 1. The third-order valence-corrected chi connectivity index (χ3v) is 3.75. The van der Waals surface area contributed by atoms with Gasteiger partial charge in [-0.25, -0.2) is 0 Å². The summed E-state index contributed by atoms with van der Waals surface area (Å²) in [5.41, 5.74) is 2.79. The number of hydrogen-bond donors (Lipinski definition) is 1. The fourth-order valence-corrected chi connectivity index (χ4v) is 2.75. The number of rotatable bonds is 3. The first kappa shape index (κ1) is 14.1. The molecule has 1 fully saturated rings. The fraction of sp³-hybridized carbons (Fsp3) is 0.562. The van der Waals surface area contributed by atoms with Gasteiger partial charge in [-0.05, 0) is 56.4 Å².